The highest BCUT2D eigenvalue weighted by Gasteiger charge is 2.53. The molecule has 6 heteroatoms. The first-order chi connectivity index (χ1) is 10.6. The molecule has 132 valence electrons. The first kappa shape index (κ1) is 17.0. The molecule has 4 fully saturated rings. The lowest BCUT2D eigenvalue weighted by Crippen LogP contribution is -2.47. The van der Waals surface area contributed by atoms with Crippen molar-refractivity contribution >= 4 is 5.97 Å². The third-order valence-corrected chi connectivity index (χ3v) is 6.01. The predicted molar refractivity (Wildman–Crippen MR) is 76.4 cm³/mol. The molecule has 0 aromatic carbocycles. The molecule has 0 heterocycles. The van der Waals surface area contributed by atoms with Gasteiger partial charge in [0.1, 0.15) is 0 Å². The fraction of sp³-hybridized carbons (Fsp3) is 0.941. The fourth-order valence-electron chi connectivity index (χ4n) is 5.38. The van der Waals surface area contributed by atoms with Crippen molar-refractivity contribution in [1.29, 1.82) is 0 Å². The van der Waals surface area contributed by atoms with E-state index in [1.165, 1.54) is 19.3 Å². The molecular weight excluding hydrogens is 312 g/mol. The summed E-state index contributed by atoms with van der Waals surface area (Å²) in [4.78, 5) is 12.0. The second-order valence-corrected chi connectivity index (χ2v) is 8.16. The topological polar surface area (TPSA) is 26.3 Å². The van der Waals surface area contributed by atoms with Gasteiger partial charge in [0.15, 0.2) is 0 Å². The number of alkyl halides is 4. The Labute approximate surface area is 133 Å². The van der Waals surface area contributed by atoms with Gasteiger partial charge in [-0.3, -0.25) is 4.79 Å². The van der Waals surface area contributed by atoms with E-state index in [0.29, 0.717) is 17.8 Å². The van der Waals surface area contributed by atoms with Crippen LogP contribution in [0.2, 0.25) is 0 Å². The van der Waals surface area contributed by atoms with Crippen molar-refractivity contribution < 1.29 is 27.1 Å². The quantitative estimate of drug-likeness (QED) is 0.514. The highest BCUT2D eigenvalue weighted by Crippen LogP contribution is 2.61. The van der Waals surface area contributed by atoms with Crippen LogP contribution in [-0.4, -0.2) is 24.4 Å². The van der Waals surface area contributed by atoms with Crippen molar-refractivity contribution in [2.45, 2.75) is 70.1 Å². The van der Waals surface area contributed by atoms with Gasteiger partial charge in [-0.15, -0.1) is 0 Å². The van der Waals surface area contributed by atoms with E-state index in [4.69, 9.17) is 4.74 Å². The SMILES string of the molecule is CC(F)(F)C(F)(F)CCOC(=O)CC12CC3CC(CC(C3)C1)C2. The standard InChI is InChI=1S/C17H24F4O2/c1-15(18,19)17(20,21)2-3-23-14(22)10-16-7-11-4-12(8-16)6-13(5-11)9-16/h11-13H,2-10H2,1H3. The lowest BCUT2D eigenvalue weighted by atomic mass is 9.49. The largest absolute Gasteiger partial charge is 0.465 e. The third kappa shape index (κ3) is 3.50. The van der Waals surface area contributed by atoms with Gasteiger partial charge in [-0.25, -0.2) is 8.78 Å². The number of carbonyl (C=O) groups is 1. The Morgan fingerprint density at radius 3 is 1.96 bits per heavy atom. The van der Waals surface area contributed by atoms with Crippen molar-refractivity contribution in [2.24, 2.45) is 23.2 Å². The molecule has 0 N–H and O–H groups in total. The highest BCUT2D eigenvalue weighted by molar-refractivity contribution is 5.70. The van der Waals surface area contributed by atoms with Crippen LogP contribution in [0.3, 0.4) is 0 Å². The Kier molecular flexibility index (Phi) is 4.16. The van der Waals surface area contributed by atoms with Crippen LogP contribution < -0.4 is 0 Å². The average molecular weight is 336 g/mol. The Hall–Kier alpha value is -0.810. The van der Waals surface area contributed by atoms with Crippen molar-refractivity contribution in [3.63, 3.8) is 0 Å². The summed E-state index contributed by atoms with van der Waals surface area (Å²) in [5.41, 5.74) is -0.0248. The van der Waals surface area contributed by atoms with Gasteiger partial charge in [0.05, 0.1) is 19.4 Å². The minimum absolute atomic E-state index is 0.0248. The Morgan fingerprint density at radius 1 is 1.04 bits per heavy atom. The Balaban J connectivity index is 1.49. The number of hydrogen-bond acceptors (Lipinski definition) is 2. The number of rotatable bonds is 6. The number of carbonyl (C=O) groups excluding carboxylic acids is 1. The Bertz CT molecular complexity index is 434. The minimum atomic E-state index is -4.14. The van der Waals surface area contributed by atoms with Crippen LogP contribution in [0.4, 0.5) is 17.6 Å². The van der Waals surface area contributed by atoms with Crippen molar-refractivity contribution in [3.8, 4) is 0 Å². The predicted octanol–water partition coefficient (Wildman–Crippen LogP) is 4.82. The second kappa shape index (κ2) is 5.62. The summed E-state index contributed by atoms with van der Waals surface area (Å²) in [7, 11) is 0. The summed E-state index contributed by atoms with van der Waals surface area (Å²) in [5, 5.41) is 0. The van der Waals surface area contributed by atoms with Gasteiger partial charge in [0.2, 0.25) is 0 Å². The number of hydrogen-bond donors (Lipinski definition) is 0. The number of halogens is 4. The molecule has 0 spiro atoms. The molecule has 0 unspecified atom stereocenters. The smallest absolute Gasteiger partial charge is 0.313 e. The molecule has 4 saturated carbocycles. The first-order valence-corrected chi connectivity index (χ1v) is 8.50. The maximum absolute atomic E-state index is 13.2. The van der Waals surface area contributed by atoms with Gasteiger partial charge in [0.25, 0.3) is 0 Å². The van der Waals surface area contributed by atoms with Crippen LogP contribution >= 0.6 is 0 Å². The maximum atomic E-state index is 13.2. The van der Waals surface area contributed by atoms with E-state index in [1.54, 1.807) is 0 Å². The van der Waals surface area contributed by atoms with E-state index in [2.05, 4.69) is 0 Å². The normalized spacial score (nSPS) is 36.3. The minimum Gasteiger partial charge on any atom is -0.465 e. The van der Waals surface area contributed by atoms with Gasteiger partial charge in [0, 0.05) is 6.92 Å². The van der Waals surface area contributed by atoms with Crippen molar-refractivity contribution in [3.05, 3.63) is 0 Å². The number of esters is 1. The van der Waals surface area contributed by atoms with Gasteiger partial charge < -0.3 is 4.74 Å². The molecule has 0 aromatic heterocycles. The van der Waals surface area contributed by atoms with E-state index in [1.807, 2.05) is 0 Å². The summed E-state index contributed by atoms with van der Waals surface area (Å²) in [5.74, 6) is -6.68. The van der Waals surface area contributed by atoms with Gasteiger partial charge >= 0.3 is 17.8 Å². The van der Waals surface area contributed by atoms with Crippen LogP contribution in [0.25, 0.3) is 0 Å². The van der Waals surface area contributed by atoms with Crippen molar-refractivity contribution in [1.82, 2.24) is 0 Å². The second-order valence-electron chi connectivity index (χ2n) is 8.16. The van der Waals surface area contributed by atoms with E-state index >= 15 is 0 Å². The molecule has 0 aromatic rings. The molecule has 0 aliphatic heterocycles. The first-order valence-electron chi connectivity index (χ1n) is 8.50. The summed E-state index contributed by atoms with van der Waals surface area (Å²) >= 11 is 0. The van der Waals surface area contributed by atoms with Gasteiger partial charge in [-0.05, 0) is 61.7 Å². The summed E-state index contributed by atoms with van der Waals surface area (Å²) < 4.78 is 56.6. The van der Waals surface area contributed by atoms with Crippen LogP contribution in [0.5, 0.6) is 0 Å². The third-order valence-electron chi connectivity index (χ3n) is 6.01. The lowest BCUT2D eigenvalue weighted by molar-refractivity contribution is -0.207. The average Bonchev–Trinajstić information content (AvgIpc) is 2.34. The zero-order valence-electron chi connectivity index (χ0n) is 13.4. The molecule has 0 saturated heterocycles. The molecule has 4 aliphatic carbocycles. The monoisotopic (exact) mass is 336 g/mol. The summed E-state index contributed by atoms with van der Waals surface area (Å²) in [6, 6.07) is 0. The Morgan fingerprint density at radius 2 is 1.52 bits per heavy atom. The summed E-state index contributed by atoms with van der Waals surface area (Å²) in [6.07, 6.45) is 5.96. The highest BCUT2D eigenvalue weighted by atomic mass is 19.3. The maximum Gasteiger partial charge on any atom is 0.313 e. The van der Waals surface area contributed by atoms with E-state index in [0.717, 1.165) is 19.3 Å². The van der Waals surface area contributed by atoms with Crippen LogP contribution in [0, 0.1) is 23.2 Å². The molecule has 0 atom stereocenters. The molecular formula is C17H24F4O2. The molecule has 4 rings (SSSR count). The number of ether oxygens (including phenoxy) is 1. The van der Waals surface area contributed by atoms with E-state index < -0.39 is 30.8 Å². The van der Waals surface area contributed by atoms with Crippen LogP contribution in [0.1, 0.15) is 58.3 Å². The zero-order valence-corrected chi connectivity index (χ0v) is 13.4. The van der Waals surface area contributed by atoms with Gasteiger partial charge in [-0.2, -0.15) is 8.78 Å². The molecule has 4 aliphatic rings. The molecule has 2 nitrogen and oxygen atoms in total. The zero-order chi connectivity index (χ0) is 16.9. The van der Waals surface area contributed by atoms with Crippen LogP contribution in [0.15, 0.2) is 0 Å². The van der Waals surface area contributed by atoms with Gasteiger partial charge in [-0.1, -0.05) is 0 Å². The van der Waals surface area contributed by atoms with Crippen LogP contribution in [-0.2, 0) is 9.53 Å². The fourth-order valence-corrected chi connectivity index (χ4v) is 5.38. The molecule has 4 bridgehead atoms. The summed E-state index contributed by atoms with van der Waals surface area (Å²) in [6.45, 7) is -0.466. The molecule has 23 heavy (non-hydrogen) atoms. The lowest BCUT2D eigenvalue weighted by Gasteiger charge is -2.56. The van der Waals surface area contributed by atoms with E-state index in [-0.39, 0.29) is 18.8 Å². The molecule has 0 radical (unpaired) electrons. The van der Waals surface area contributed by atoms with E-state index in [9.17, 15) is 22.4 Å². The van der Waals surface area contributed by atoms with Crippen molar-refractivity contribution in [2.75, 3.05) is 6.61 Å². The molecule has 0 amide bonds.